The van der Waals surface area contributed by atoms with E-state index in [1.54, 1.807) is 42.5 Å². The molecule has 0 aromatic heterocycles. The van der Waals surface area contributed by atoms with Crippen LogP contribution in [0.1, 0.15) is 6.92 Å². The Kier molecular flexibility index (Phi) is 6.46. The van der Waals surface area contributed by atoms with Crippen LogP contribution in [0.3, 0.4) is 0 Å². The highest BCUT2D eigenvalue weighted by atomic mass is 35.5. The van der Waals surface area contributed by atoms with Gasteiger partial charge in [-0.25, -0.2) is 4.79 Å². The average Bonchev–Trinajstić information content (AvgIpc) is 2.53. The van der Waals surface area contributed by atoms with E-state index in [0.717, 1.165) is 0 Å². The fourth-order valence-corrected chi connectivity index (χ4v) is 2.34. The van der Waals surface area contributed by atoms with Gasteiger partial charge in [0.15, 0.2) is 12.7 Å². The Morgan fingerprint density at radius 3 is 2.33 bits per heavy atom. The maximum Gasteiger partial charge on any atom is 0.344 e. The van der Waals surface area contributed by atoms with Gasteiger partial charge in [0.1, 0.15) is 5.75 Å². The minimum absolute atomic E-state index is 0.287. The van der Waals surface area contributed by atoms with Gasteiger partial charge >= 0.3 is 5.97 Å². The molecule has 2 aromatic rings. The summed E-state index contributed by atoms with van der Waals surface area (Å²) < 4.78 is 10.3. The zero-order valence-corrected chi connectivity index (χ0v) is 14.3. The first kappa shape index (κ1) is 18.1. The van der Waals surface area contributed by atoms with E-state index in [4.69, 9.17) is 32.7 Å². The third-order valence-corrected chi connectivity index (χ3v) is 3.34. The molecule has 7 heteroatoms. The van der Waals surface area contributed by atoms with E-state index in [9.17, 15) is 9.59 Å². The quantitative estimate of drug-likeness (QED) is 0.785. The number of amides is 1. The van der Waals surface area contributed by atoms with Crippen molar-refractivity contribution >= 4 is 40.8 Å². The zero-order chi connectivity index (χ0) is 17.5. The van der Waals surface area contributed by atoms with Crippen molar-refractivity contribution in [3.63, 3.8) is 0 Å². The second-order valence-corrected chi connectivity index (χ2v) is 5.75. The fourth-order valence-electron chi connectivity index (χ4n) is 1.81. The average molecular weight is 368 g/mol. The molecule has 5 nitrogen and oxygen atoms in total. The van der Waals surface area contributed by atoms with Crippen molar-refractivity contribution < 1.29 is 19.1 Å². The second kappa shape index (κ2) is 8.57. The van der Waals surface area contributed by atoms with Crippen LogP contribution in [-0.4, -0.2) is 24.6 Å². The van der Waals surface area contributed by atoms with E-state index in [0.29, 0.717) is 21.5 Å². The Balaban J connectivity index is 1.83. The lowest BCUT2D eigenvalue weighted by Gasteiger charge is -2.14. The molecule has 2 aromatic carbocycles. The lowest BCUT2D eigenvalue weighted by molar-refractivity contribution is -0.155. The largest absolute Gasteiger partial charge is 0.482 e. The third-order valence-electron chi connectivity index (χ3n) is 2.91. The van der Waals surface area contributed by atoms with E-state index < -0.39 is 18.0 Å². The van der Waals surface area contributed by atoms with Crippen LogP contribution in [0.5, 0.6) is 5.75 Å². The Bertz CT molecular complexity index is 702. The molecule has 0 heterocycles. The predicted molar refractivity (Wildman–Crippen MR) is 92.6 cm³/mol. The van der Waals surface area contributed by atoms with Gasteiger partial charge in [-0.2, -0.15) is 0 Å². The first-order chi connectivity index (χ1) is 11.4. The summed E-state index contributed by atoms with van der Waals surface area (Å²) in [7, 11) is 0. The van der Waals surface area contributed by atoms with Crippen LogP contribution in [0.15, 0.2) is 48.5 Å². The fraction of sp³-hybridized carbons (Fsp3) is 0.176. The molecule has 0 saturated heterocycles. The molecule has 24 heavy (non-hydrogen) atoms. The summed E-state index contributed by atoms with van der Waals surface area (Å²) in [6.45, 7) is 1.17. The summed E-state index contributed by atoms with van der Waals surface area (Å²) in [5, 5.41) is 3.35. The molecule has 0 fully saturated rings. The number of anilines is 1. The number of esters is 1. The maximum atomic E-state index is 12.0. The van der Waals surface area contributed by atoms with Gasteiger partial charge in [0, 0.05) is 15.7 Å². The molecule has 0 aliphatic carbocycles. The molecule has 0 saturated carbocycles. The Labute approximate surface area is 149 Å². The molecule has 0 unspecified atom stereocenters. The second-order valence-electron chi connectivity index (χ2n) is 4.88. The molecular weight excluding hydrogens is 353 g/mol. The van der Waals surface area contributed by atoms with Crippen molar-refractivity contribution in [2.24, 2.45) is 0 Å². The number of hydrogen-bond donors (Lipinski definition) is 1. The Morgan fingerprint density at radius 2 is 1.71 bits per heavy atom. The molecule has 2 rings (SSSR count). The van der Waals surface area contributed by atoms with Gasteiger partial charge in [-0.05, 0) is 37.3 Å². The lowest BCUT2D eigenvalue weighted by Crippen LogP contribution is -2.31. The summed E-state index contributed by atoms with van der Waals surface area (Å²) in [5.74, 6) is -0.604. The molecule has 0 spiro atoms. The molecule has 0 aliphatic heterocycles. The van der Waals surface area contributed by atoms with E-state index in [-0.39, 0.29) is 6.61 Å². The highest BCUT2D eigenvalue weighted by molar-refractivity contribution is 6.35. The van der Waals surface area contributed by atoms with Crippen molar-refractivity contribution in [1.82, 2.24) is 0 Å². The number of para-hydroxylation sites is 1. The SMILES string of the molecule is C[C@@H](OC(=O)COc1ccccc1)C(=O)Nc1cc(Cl)cc(Cl)c1. The van der Waals surface area contributed by atoms with Gasteiger partial charge in [-0.3, -0.25) is 4.79 Å². The van der Waals surface area contributed by atoms with Crippen molar-refractivity contribution in [1.29, 1.82) is 0 Å². The van der Waals surface area contributed by atoms with Crippen LogP contribution in [0.4, 0.5) is 5.69 Å². The van der Waals surface area contributed by atoms with Crippen molar-refractivity contribution in [3.05, 3.63) is 58.6 Å². The molecule has 0 bridgehead atoms. The normalized spacial score (nSPS) is 11.5. The van der Waals surface area contributed by atoms with E-state index in [1.807, 2.05) is 6.07 Å². The highest BCUT2D eigenvalue weighted by Gasteiger charge is 2.18. The summed E-state index contributed by atoms with van der Waals surface area (Å²) in [4.78, 5) is 23.8. The number of nitrogens with one attached hydrogen (secondary N) is 1. The van der Waals surface area contributed by atoms with Gasteiger partial charge in [-0.15, -0.1) is 0 Å². The van der Waals surface area contributed by atoms with Gasteiger partial charge in [0.2, 0.25) is 0 Å². The topological polar surface area (TPSA) is 64.6 Å². The van der Waals surface area contributed by atoms with Gasteiger partial charge in [0.05, 0.1) is 0 Å². The number of carbonyl (C=O) groups excluding carboxylic acids is 2. The minimum atomic E-state index is -0.991. The molecule has 0 aliphatic rings. The standard InChI is InChI=1S/C17H15Cl2NO4/c1-11(17(22)20-14-8-12(18)7-13(19)9-14)24-16(21)10-23-15-5-3-2-4-6-15/h2-9,11H,10H2,1H3,(H,20,22)/t11-/m1/s1. The smallest absolute Gasteiger partial charge is 0.344 e. The number of hydrogen-bond acceptors (Lipinski definition) is 4. The van der Waals surface area contributed by atoms with E-state index >= 15 is 0 Å². The molecular formula is C17H15Cl2NO4. The molecule has 1 amide bonds. The highest BCUT2D eigenvalue weighted by Crippen LogP contribution is 2.22. The number of ether oxygens (including phenoxy) is 2. The Morgan fingerprint density at radius 1 is 1.08 bits per heavy atom. The maximum absolute atomic E-state index is 12.0. The predicted octanol–water partition coefficient (Wildman–Crippen LogP) is 3.94. The summed E-state index contributed by atoms with van der Waals surface area (Å²) in [6.07, 6.45) is -0.991. The van der Waals surface area contributed by atoms with Crippen LogP contribution in [0.2, 0.25) is 10.0 Å². The summed E-state index contributed by atoms with van der Waals surface area (Å²) >= 11 is 11.7. The van der Waals surface area contributed by atoms with Crippen LogP contribution in [0.25, 0.3) is 0 Å². The van der Waals surface area contributed by atoms with Gasteiger partial charge in [-0.1, -0.05) is 41.4 Å². The van der Waals surface area contributed by atoms with Crippen LogP contribution in [0, 0.1) is 0 Å². The monoisotopic (exact) mass is 367 g/mol. The third kappa shape index (κ3) is 5.76. The van der Waals surface area contributed by atoms with Crippen LogP contribution < -0.4 is 10.1 Å². The lowest BCUT2D eigenvalue weighted by atomic mass is 10.3. The Hall–Kier alpha value is -2.24. The molecule has 0 radical (unpaired) electrons. The minimum Gasteiger partial charge on any atom is -0.482 e. The van der Waals surface area contributed by atoms with Gasteiger partial charge < -0.3 is 14.8 Å². The summed E-state index contributed by atoms with van der Waals surface area (Å²) in [5.41, 5.74) is 0.418. The van der Waals surface area contributed by atoms with Crippen molar-refractivity contribution in [2.45, 2.75) is 13.0 Å². The number of benzene rings is 2. The number of halogens is 2. The number of rotatable bonds is 6. The van der Waals surface area contributed by atoms with Crippen molar-refractivity contribution in [3.8, 4) is 5.75 Å². The summed E-state index contributed by atoms with van der Waals surface area (Å²) in [6, 6.07) is 13.5. The number of carbonyl (C=O) groups is 2. The van der Waals surface area contributed by atoms with Gasteiger partial charge in [0.25, 0.3) is 5.91 Å². The molecule has 1 atom stereocenters. The molecule has 1 N–H and O–H groups in total. The molecule has 126 valence electrons. The van der Waals surface area contributed by atoms with Crippen LogP contribution in [-0.2, 0) is 14.3 Å². The van der Waals surface area contributed by atoms with Crippen LogP contribution >= 0.6 is 23.2 Å². The zero-order valence-electron chi connectivity index (χ0n) is 12.8. The van der Waals surface area contributed by atoms with E-state index in [2.05, 4.69) is 5.32 Å². The van der Waals surface area contributed by atoms with E-state index in [1.165, 1.54) is 6.92 Å². The first-order valence-electron chi connectivity index (χ1n) is 7.08. The van der Waals surface area contributed by atoms with Crippen molar-refractivity contribution in [2.75, 3.05) is 11.9 Å². The first-order valence-corrected chi connectivity index (χ1v) is 7.84.